The van der Waals surface area contributed by atoms with E-state index >= 15 is 0 Å². The van der Waals surface area contributed by atoms with E-state index in [2.05, 4.69) is 15.0 Å². The first-order valence-corrected chi connectivity index (χ1v) is 3.40. The Morgan fingerprint density at radius 3 is 3.36 bits per heavy atom. The van der Waals surface area contributed by atoms with Gasteiger partial charge in [-0.3, -0.25) is 9.98 Å². The molecule has 0 spiro atoms. The molecule has 0 saturated heterocycles. The molecule has 0 aliphatic carbocycles. The summed E-state index contributed by atoms with van der Waals surface area (Å²) in [7, 11) is 0. The van der Waals surface area contributed by atoms with E-state index in [0.29, 0.717) is 0 Å². The van der Waals surface area contributed by atoms with Crippen LogP contribution < -0.4 is 0 Å². The molecule has 0 aromatic carbocycles. The molecule has 0 aromatic rings. The molecule has 2 aliphatic rings. The lowest BCUT2D eigenvalue weighted by atomic mass is 10.1. The summed E-state index contributed by atoms with van der Waals surface area (Å²) in [6, 6.07) is 1.97. The number of aliphatic imine (C=N–C) groups is 3. The predicted octanol–water partition coefficient (Wildman–Crippen LogP) is 0.0621. The molecule has 2 unspecified atom stereocenters. The van der Waals surface area contributed by atoms with Gasteiger partial charge >= 0.3 is 0 Å². The third-order valence-corrected chi connectivity index (χ3v) is 1.70. The van der Waals surface area contributed by atoms with Gasteiger partial charge in [-0.05, 0) is 0 Å². The normalized spacial score (nSPS) is 32.8. The summed E-state index contributed by atoms with van der Waals surface area (Å²) in [5.74, 6) is 0.236. The minimum atomic E-state index is -0.536. The van der Waals surface area contributed by atoms with Crippen LogP contribution >= 0.6 is 0 Å². The van der Waals surface area contributed by atoms with Crippen LogP contribution in [0.1, 0.15) is 0 Å². The van der Waals surface area contributed by atoms with Crippen molar-refractivity contribution in [2.24, 2.45) is 20.9 Å². The topological polar surface area (TPSA) is 60.9 Å². The van der Waals surface area contributed by atoms with Crippen molar-refractivity contribution < 1.29 is 0 Å². The largest absolute Gasteiger partial charge is 0.290 e. The monoisotopic (exact) mass is 146 g/mol. The van der Waals surface area contributed by atoms with Crippen molar-refractivity contribution in [3.8, 4) is 6.07 Å². The molecule has 2 heterocycles. The minimum absolute atomic E-state index is 0.236. The molecule has 4 heteroatoms. The van der Waals surface area contributed by atoms with Crippen LogP contribution in [0.25, 0.3) is 0 Å². The van der Waals surface area contributed by atoms with Crippen molar-refractivity contribution in [2.45, 2.75) is 6.17 Å². The zero-order valence-electron chi connectivity index (χ0n) is 5.81. The van der Waals surface area contributed by atoms with E-state index < -0.39 is 6.17 Å². The maximum absolute atomic E-state index is 8.50. The molecule has 0 fully saturated rings. The molecular formula is C7H6N4. The van der Waals surface area contributed by atoms with Crippen molar-refractivity contribution in [1.29, 1.82) is 5.26 Å². The lowest BCUT2D eigenvalue weighted by Crippen LogP contribution is -2.21. The van der Waals surface area contributed by atoms with Crippen LogP contribution in [-0.2, 0) is 0 Å². The highest BCUT2D eigenvalue weighted by Crippen LogP contribution is 2.11. The van der Waals surface area contributed by atoms with Crippen molar-refractivity contribution in [3.05, 3.63) is 0 Å². The van der Waals surface area contributed by atoms with Crippen LogP contribution in [0.2, 0.25) is 0 Å². The minimum Gasteiger partial charge on any atom is -0.290 e. The molecule has 0 N–H and O–H groups in total. The number of hydrogen-bond acceptors (Lipinski definition) is 4. The van der Waals surface area contributed by atoms with E-state index in [1.165, 1.54) is 0 Å². The van der Waals surface area contributed by atoms with Crippen LogP contribution in [0.4, 0.5) is 0 Å². The van der Waals surface area contributed by atoms with Gasteiger partial charge in [0.25, 0.3) is 0 Å². The zero-order valence-corrected chi connectivity index (χ0v) is 5.81. The maximum Gasteiger partial charge on any atom is 0.226 e. The fourth-order valence-electron chi connectivity index (χ4n) is 1.12. The first-order valence-electron chi connectivity index (χ1n) is 3.40. The molecule has 0 radical (unpaired) electrons. The van der Waals surface area contributed by atoms with E-state index in [1.54, 1.807) is 12.4 Å². The fourth-order valence-corrected chi connectivity index (χ4v) is 1.12. The Kier molecular flexibility index (Phi) is 1.29. The van der Waals surface area contributed by atoms with Gasteiger partial charge in [-0.1, -0.05) is 0 Å². The molecule has 4 nitrogen and oxygen atoms in total. The summed E-state index contributed by atoms with van der Waals surface area (Å²) in [6.07, 6.45) is 2.95. The number of nitriles is 1. The summed E-state index contributed by atoms with van der Waals surface area (Å²) in [5, 5.41) is 8.50. The molecule has 0 amide bonds. The lowest BCUT2D eigenvalue weighted by molar-refractivity contribution is 0.833. The van der Waals surface area contributed by atoms with Crippen LogP contribution in [0.5, 0.6) is 0 Å². The SMILES string of the molecule is N#CC1N=CC2CN=CC2=N1. The molecule has 11 heavy (non-hydrogen) atoms. The number of fused-ring (bicyclic) bond motifs is 1. The second-order valence-corrected chi connectivity index (χ2v) is 2.46. The van der Waals surface area contributed by atoms with Gasteiger partial charge in [0.15, 0.2) is 0 Å². The number of rotatable bonds is 0. The van der Waals surface area contributed by atoms with E-state index in [4.69, 9.17) is 5.26 Å². The maximum atomic E-state index is 8.50. The fraction of sp³-hybridized carbons (Fsp3) is 0.429. The van der Waals surface area contributed by atoms with Crippen molar-refractivity contribution >= 4 is 18.1 Å². The Morgan fingerprint density at radius 1 is 1.64 bits per heavy atom. The quantitative estimate of drug-likeness (QED) is 0.476. The Morgan fingerprint density at radius 2 is 2.55 bits per heavy atom. The van der Waals surface area contributed by atoms with Gasteiger partial charge in [-0.2, -0.15) is 5.26 Å². The standard InChI is InChI=1S/C7H6N4/c8-1-7-10-3-5-2-9-4-6(5)11-7/h3-5,7H,2H2. The first kappa shape index (κ1) is 6.23. The Hall–Kier alpha value is -1.50. The molecule has 0 saturated carbocycles. The number of hydrogen-bond donors (Lipinski definition) is 0. The van der Waals surface area contributed by atoms with E-state index in [9.17, 15) is 0 Å². The summed E-state index contributed by atoms with van der Waals surface area (Å²) in [4.78, 5) is 12.0. The summed E-state index contributed by atoms with van der Waals surface area (Å²) >= 11 is 0. The van der Waals surface area contributed by atoms with Gasteiger partial charge in [0.1, 0.15) is 6.07 Å². The van der Waals surface area contributed by atoms with Gasteiger partial charge in [0.05, 0.1) is 18.2 Å². The van der Waals surface area contributed by atoms with Crippen LogP contribution in [0.15, 0.2) is 15.0 Å². The Balaban J connectivity index is 2.28. The van der Waals surface area contributed by atoms with Gasteiger partial charge < -0.3 is 0 Å². The average Bonchev–Trinajstić information content (AvgIpc) is 2.50. The summed E-state index contributed by atoms with van der Waals surface area (Å²) in [6.45, 7) is 0.737. The molecule has 2 aliphatic heterocycles. The van der Waals surface area contributed by atoms with E-state index in [0.717, 1.165) is 12.3 Å². The average molecular weight is 146 g/mol. The van der Waals surface area contributed by atoms with Crippen LogP contribution in [0.3, 0.4) is 0 Å². The van der Waals surface area contributed by atoms with E-state index in [-0.39, 0.29) is 5.92 Å². The van der Waals surface area contributed by atoms with Crippen LogP contribution in [0, 0.1) is 17.2 Å². The van der Waals surface area contributed by atoms with Gasteiger partial charge in [0.2, 0.25) is 6.17 Å². The van der Waals surface area contributed by atoms with Gasteiger partial charge in [0, 0.05) is 12.4 Å². The Labute approximate surface area is 64.0 Å². The highest BCUT2D eigenvalue weighted by Gasteiger charge is 2.21. The molecule has 54 valence electrons. The molecule has 0 bridgehead atoms. The first-order chi connectivity index (χ1) is 5.40. The third kappa shape index (κ3) is 0.944. The van der Waals surface area contributed by atoms with Crippen molar-refractivity contribution in [3.63, 3.8) is 0 Å². The lowest BCUT2D eigenvalue weighted by Gasteiger charge is -2.09. The van der Waals surface area contributed by atoms with Crippen molar-refractivity contribution in [1.82, 2.24) is 0 Å². The smallest absolute Gasteiger partial charge is 0.226 e. The van der Waals surface area contributed by atoms with Crippen LogP contribution in [-0.4, -0.2) is 30.9 Å². The number of nitrogens with zero attached hydrogens (tertiary/aromatic N) is 4. The molecule has 0 aromatic heterocycles. The van der Waals surface area contributed by atoms with E-state index in [1.807, 2.05) is 6.07 Å². The zero-order chi connectivity index (χ0) is 7.68. The highest BCUT2D eigenvalue weighted by atomic mass is 15.0. The third-order valence-electron chi connectivity index (χ3n) is 1.70. The second kappa shape index (κ2) is 2.27. The summed E-state index contributed by atoms with van der Waals surface area (Å²) in [5.41, 5.74) is 0.895. The molecule has 2 atom stereocenters. The molecule has 2 rings (SSSR count). The van der Waals surface area contributed by atoms with Crippen molar-refractivity contribution in [2.75, 3.05) is 6.54 Å². The predicted molar refractivity (Wildman–Crippen MR) is 42.2 cm³/mol. The second-order valence-electron chi connectivity index (χ2n) is 2.46. The van der Waals surface area contributed by atoms with Gasteiger partial charge in [-0.15, -0.1) is 0 Å². The summed E-state index contributed by atoms with van der Waals surface area (Å²) < 4.78 is 0. The molecular weight excluding hydrogens is 140 g/mol. The Bertz CT molecular complexity index is 294. The van der Waals surface area contributed by atoms with Gasteiger partial charge in [-0.25, -0.2) is 4.99 Å². The highest BCUT2D eigenvalue weighted by molar-refractivity contribution is 6.36.